The van der Waals surface area contributed by atoms with Gasteiger partial charge in [0.1, 0.15) is 6.54 Å². The molecule has 0 spiro atoms. The molecular weight excluding hydrogens is 318 g/mol. The third kappa shape index (κ3) is 4.54. The van der Waals surface area contributed by atoms with E-state index in [1.165, 1.54) is 19.2 Å². The van der Waals surface area contributed by atoms with Gasteiger partial charge in [0, 0.05) is 0 Å². The van der Waals surface area contributed by atoms with E-state index in [0.29, 0.717) is 5.75 Å². The largest absolute Gasteiger partial charge is 0.493 e. The number of carbonyl (C=O) groups is 1. The molecule has 2 rings (SSSR count). The fourth-order valence-electron chi connectivity index (χ4n) is 1.88. The van der Waals surface area contributed by atoms with Crippen LogP contribution < -0.4 is 14.2 Å². The van der Waals surface area contributed by atoms with Gasteiger partial charge in [-0.15, -0.1) is 0 Å². The van der Waals surface area contributed by atoms with Gasteiger partial charge in [-0.1, -0.05) is 24.3 Å². The van der Waals surface area contributed by atoms with E-state index < -0.39 is 22.5 Å². The molecule has 7 heteroatoms. The zero-order chi connectivity index (χ0) is 16.9. The molecule has 0 heterocycles. The summed E-state index contributed by atoms with van der Waals surface area (Å²) in [5, 5.41) is 0. The van der Waals surface area contributed by atoms with Gasteiger partial charge in [0.05, 0.1) is 12.0 Å². The number of benzene rings is 2. The van der Waals surface area contributed by atoms with Gasteiger partial charge in [-0.2, -0.15) is 4.72 Å². The summed E-state index contributed by atoms with van der Waals surface area (Å²) in [7, 11) is -2.32. The number of aryl methyl sites for hydroxylation is 1. The molecule has 0 fully saturated rings. The highest BCUT2D eigenvalue weighted by Crippen LogP contribution is 2.25. The lowest BCUT2D eigenvalue weighted by Gasteiger charge is -2.10. The van der Waals surface area contributed by atoms with E-state index in [0.717, 1.165) is 5.56 Å². The van der Waals surface area contributed by atoms with Crippen molar-refractivity contribution in [2.75, 3.05) is 13.7 Å². The van der Waals surface area contributed by atoms with Crippen LogP contribution in [0.25, 0.3) is 0 Å². The van der Waals surface area contributed by atoms with Crippen LogP contribution in [0.1, 0.15) is 5.56 Å². The number of carbonyl (C=O) groups excluding carboxylic acids is 1. The van der Waals surface area contributed by atoms with Gasteiger partial charge in [0.2, 0.25) is 10.0 Å². The average Bonchev–Trinajstić information content (AvgIpc) is 2.53. The average molecular weight is 335 g/mol. The summed E-state index contributed by atoms with van der Waals surface area (Å²) in [5.74, 6) is -0.108. The van der Waals surface area contributed by atoms with Crippen LogP contribution in [0.4, 0.5) is 0 Å². The van der Waals surface area contributed by atoms with Crippen molar-refractivity contribution >= 4 is 16.0 Å². The third-order valence-corrected chi connectivity index (χ3v) is 4.40. The van der Waals surface area contributed by atoms with E-state index in [-0.39, 0.29) is 10.6 Å². The standard InChI is InChI=1S/C16H17NO5S/c1-12-6-5-7-13(10-12)23(19,20)17-11-16(18)22-15-9-4-3-8-14(15)21-2/h3-10,17H,11H2,1-2H3. The molecule has 0 aromatic heterocycles. The van der Waals surface area contributed by atoms with E-state index in [1.54, 1.807) is 43.3 Å². The van der Waals surface area contributed by atoms with Crippen molar-refractivity contribution in [3.63, 3.8) is 0 Å². The maximum Gasteiger partial charge on any atom is 0.326 e. The molecule has 1 N–H and O–H groups in total. The smallest absolute Gasteiger partial charge is 0.326 e. The van der Waals surface area contributed by atoms with Crippen molar-refractivity contribution < 1.29 is 22.7 Å². The number of ether oxygens (including phenoxy) is 2. The van der Waals surface area contributed by atoms with Gasteiger partial charge in [-0.05, 0) is 36.8 Å². The molecule has 122 valence electrons. The van der Waals surface area contributed by atoms with Gasteiger partial charge in [-0.3, -0.25) is 4.79 Å². The fourth-order valence-corrected chi connectivity index (χ4v) is 2.95. The Bertz CT molecular complexity index is 802. The Morgan fingerprint density at radius 3 is 2.43 bits per heavy atom. The maximum atomic E-state index is 12.1. The van der Waals surface area contributed by atoms with E-state index in [9.17, 15) is 13.2 Å². The predicted octanol–water partition coefficient (Wildman–Crippen LogP) is 1.89. The van der Waals surface area contributed by atoms with E-state index in [2.05, 4.69) is 4.72 Å². The highest BCUT2D eigenvalue weighted by molar-refractivity contribution is 7.89. The van der Waals surface area contributed by atoms with E-state index >= 15 is 0 Å². The summed E-state index contributed by atoms with van der Waals surface area (Å²) < 4.78 is 36.6. The molecule has 0 amide bonds. The molecule has 0 radical (unpaired) electrons. The Balaban J connectivity index is 2.01. The highest BCUT2D eigenvalue weighted by Gasteiger charge is 2.17. The van der Waals surface area contributed by atoms with Gasteiger partial charge >= 0.3 is 5.97 Å². The van der Waals surface area contributed by atoms with Crippen LogP contribution in [0.5, 0.6) is 11.5 Å². The van der Waals surface area contributed by atoms with Gasteiger partial charge in [-0.25, -0.2) is 8.42 Å². The molecule has 0 aliphatic rings. The molecule has 0 bridgehead atoms. The van der Waals surface area contributed by atoms with Crippen molar-refractivity contribution in [1.29, 1.82) is 0 Å². The Hall–Kier alpha value is -2.38. The maximum absolute atomic E-state index is 12.1. The second kappa shape index (κ2) is 7.26. The predicted molar refractivity (Wildman–Crippen MR) is 85.0 cm³/mol. The molecule has 0 aliphatic heterocycles. The molecular formula is C16H17NO5S. The zero-order valence-electron chi connectivity index (χ0n) is 12.8. The lowest BCUT2D eigenvalue weighted by Crippen LogP contribution is -2.32. The van der Waals surface area contributed by atoms with Crippen molar-refractivity contribution in [3.8, 4) is 11.5 Å². The SMILES string of the molecule is COc1ccccc1OC(=O)CNS(=O)(=O)c1cccc(C)c1. The van der Waals surface area contributed by atoms with Crippen LogP contribution in [0.3, 0.4) is 0 Å². The van der Waals surface area contributed by atoms with E-state index in [1.807, 2.05) is 0 Å². The fraction of sp³-hybridized carbons (Fsp3) is 0.188. The van der Waals surface area contributed by atoms with Gasteiger partial charge in [0.25, 0.3) is 0 Å². The normalized spacial score (nSPS) is 11.0. The number of rotatable bonds is 6. The van der Waals surface area contributed by atoms with Crippen molar-refractivity contribution in [2.45, 2.75) is 11.8 Å². The third-order valence-electron chi connectivity index (χ3n) is 3.00. The first-order chi connectivity index (χ1) is 10.9. The molecule has 0 saturated carbocycles. The number of hydrogen-bond acceptors (Lipinski definition) is 5. The summed E-state index contributed by atoms with van der Waals surface area (Å²) in [6.07, 6.45) is 0. The topological polar surface area (TPSA) is 81.7 Å². The minimum absolute atomic E-state index is 0.0996. The minimum atomic E-state index is -3.77. The first kappa shape index (κ1) is 17.0. The van der Waals surface area contributed by atoms with Crippen LogP contribution in [0.15, 0.2) is 53.4 Å². The minimum Gasteiger partial charge on any atom is -0.493 e. The number of sulfonamides is 1. The van der Waals surface area contributed by atoms with Crippen molar-refractivity contribution in [2.24, 2.45) is 0 Å². The molecule has 0 atom stereocenters. The molecule has 2 aromatic carbocycles. The summed E-state index contributed by atoms with van der Waals surface area (Å²) >= 11 is 0. The molecule has 0 saturated heterocycles. The van der Waals surface area contributed by atoms with Gasteiger partial charge < -0.3 is 9.47 Å². The number of esters is 1. The molecule has 6 nitrogen and oxygen atoms in total. The Morgan fingerprint density at radius 1 is 1.09 bits per heavy atom. The van der Waals surface area contributed by atoms with E-state index in [4.69, 9.17) is 9.47 Å². The number of methoxy groups -OCH3 is 1. The molecule has 2 aromatic rings. The van der Waals surface area contributed by atoms with Crippen LogP contribution in [0.2, 0.25) is 0 Å². The summed E-state index contributed by atoms with van der Waals surface area (Å²) in [6, 6.07) is 13.0. The molecule has 0 aliphatic carbocycles. The van der Waals surface area contributed by atoms with Crippen LogP contribution in [0, 0.1) is 6.92 Å². The summed E-state index contributed by atoms with van der Waals surface area (Å²) in [6.45, 7) is 1.31. The Labute approximate surface area is 135 Å². The number of para-hydroxylation sites is 2. The number of nitrogens with one attached hydrogen (secondary N) is 1. The van der Waals surface area contributed by atoms with Crippen LogP contribution in [-0.4, -0.2) is 28.0 Å². The first-order valence-electron chi connectivity index (χ1n) is 6.82. The van der Waals surface area contributed by atoms with Gasteiger partial charge in [0.15, 0.2) is 11.5 Å². The van der Waals surface area contributed by atoms with Crippen molar-refractivity contribution in [1.82, 2.24) is 4.72 Å². The molecule has 23 heavy (non-hydrogen) atoms. The Kier molecular flexibility index (Phi) is 5.36. The second-order valence-corrected chi connectivity index (χ2v) is 6.53. The monoisotopic (exact) mass is 335 g/mol. The summed E-state index contributed by atoms with van der Waals surface area (Å²) in [5.41, 5.74) is 0.810. The lowest BCUT2D eigenvalue weighted by atomic mass is 10.2. The summed E-state index contributed by atoms with van der Waals surface area (Å²) in [4.78, 5) is 11.9. The van der Waals surface area contributed by atoms with Crippen LogP contribution >= 0.6 is 0 Å². The number of hydrogen-bond donors (Lipinski definition) is 1. The molecule has 0 unspecified atom stereocenters. The Morgan fingerprint density at radius 2 is 1.78 bits per heavy atom. The quantitative estimate of drug-likeness (QED) is 0.644. The lowest BCUT2D eigenvalue weighted by molar-refractivity contribution is -0.133. The van der Waals surface area contributed by atoms with Crippen molar-refractivity contribution in [3.05, 3.63) is 54.1 Å². The zero-order valence-corrected chi connectivity index (χ0v) is 13.6. The highest BCUT2D eigenvalue weighted by atomic mass is 32.2. The van der Waals surface area contributed by atoms with Crippen LogP contribution in [-0.2, 0) is 14.8 Å². The first-order valence-corrected chi connectivity index (χ1v) is 8.31. The second-order valence-electron chi connectivity index (χ2n) is 4.77.